The Bertz CT molecular complexity index is 1810. The Morgan fingerprint density at radius 2 is 1.49 bits per heavy atom. The highest BCUT2D eigenvalue weighted by molar-refractivity contribution is 7.92. The predicted molar refractivity (Wildman–Crippen MR) is 188 cm³/mol. The summed E-state index contributed by atoms with van der Waals surface area (Å²) in [5.41, 5.74) is 3.79. The van der Waals surface area contributed by atoms with Crippen molar-refractivity contribution in [2.45, 2.75) is 69.5 Å². The van der Waals surface area contributed by atoms with Crippen molar-refractivity contribution < 1.29 is 18.0 Å². The predicted octanol–water partition coefficient (Wildman–Crippen LogP) is 7.50. The fourth-order valence-electron chi connectivity index (χ4n) is 5.94. The van der Waals surface area contributed by atoms with Crippen molar-refractivity contribution >= 4 is 50.7 Å². The molecule has 0 heterocycles. The van der Waals surface area contributed by atoms with E-state index in [1.165, 1.54) is 35.2 Å². The van der Waals surface area contributed by atoms with E-state index in [4.69, 9.17) is 23.2 Å². The summed E-state index contributed by atoms with van der Waals surface area (Å²) in [6.07, 6.45) is 4.10. The third kappa shape index (κ3) is 8.74. The van der Waals surface area contributed by atoms with E-state index in [-0.39, 0.29) is 45.5 Å². The zero-order chi connectivity index (χ0) is 33.6. The summed E-state index contributed by atoms with van der Waals surface area (Å²) in [4.78, 5) is 30.3. The molecule has 1 fully saturated rings. The Balaban J connectivity index is 1.58. The van der Waals surface area contributed by atoms with Crippen LogP contribution in [0.3, 0.4) is 0 Å². The van der Waals surface area contributed by atoms with Crippen LogP contribution in [0, 0.1) is 13.8 Å². The summed E-state index contributed by atoms with van der Waals surface area (Å²) < 4.78 is 29.5. The largest absolute Gasteiger partial charge is 0.352 e. The maximum absolute atomic E-state index is 14.7. The van der Waals surface area contributed by atoms with Crippen molar-refractivity contribution in [2.75, 3.05) is 10.8 Å². The first-order valence-corrected chi connectivity index (χ1v) is 17.9. The van der Waals surface area contributed by atoms with Gasteiger partial charge in [0.15, 0.2) is 0 Å². The lowest BCUT2D eigenvalue weighted by atomic mass is 10.0. The van der Waals surface area contributed by atoms with Gasteiger partial charge in [-0.15, -0.1) is 0 Å². The van der Waals surface area contributed by atoms with Gasteiger partial charge in [-0.3, -0.25) is 13.9 Å². The number of anilines is 1. The maximum Gasteiger partial charge on any atom is 0.264 e. The Labute approximate surface area is 287 Å². The number of rotatable bonds is 12. The summed E-state index contributed by atoms with van der Waals surface area (Å²) in [5.74, 6) is -0.792. The van der Waals surface area contributed by atoms with Crippen LogP contribution in [-0.2, 0) is 32.6 Å². The molecule has 0 saturated heterocycles. The number of halogens is 2. The second-order valence-electron chi connectivity index (χ2n) is 12.1. The van der Waals surface area contributed by atoms with Crippen LogP contribution in [0.15, 0.2) is 102 Å². The molecule has 1 saturated carbocycles. The molecule has 0 aromatic heterocycles. The van der Waals surface area contributed by atoms with E-state index < -0.39 is 28.5 Å². The van der Waals surface area contributed by atoms with Crippen molar-refractivity contribution in [1.82, 2.24) is 10.2 Å². The zero-order valence-electron chi connectivity index (χ0n) is 26.5. The molecule has 0 aliphatic heterocycles. The normalized spacial score (nSPS) is 14.0. The van der Waals surface area contributed by atoms with E-state index in [0.29, 0.717) is 0 Å². The molecule has 1 aliphatic rings. The Morgan fingerprint density at radius 1 is 0.809 bits per heavy atom. The summed E-state index contributed by atoms with van der Waals surface area (Å²) in [6, 6.07) is 27.3. The molecule has 0 radical (unpaired) electrons. The molecule has 2 amide bonds. The van der Waals surface area contributed by atoms with Gasteiger partial charge in [-0.1, -0.05) is 114 Å². The van der Waals surface area contributed by atoms with Crippen LogP contribution >= 0.6 is 23.2 Å². The van der Waals surface area contributed by atoms with E-state index in [9.17, 15) is 18.0 Å². The molecule has 0 spiro atoms. The number of benzene rings is 4. The Morgan fingerprint density at radius 3 is 2.15 bits per heavy atom. The fraction of sp³-hybridized carbons (Fsp3) is 0.297. The monoisotopic (exact) mass is 691 g/mol. The number of sulfonamides is 1. The highest BCUT2D eigenvalue weighted by Gasteiger charge is 2.35. The number of carbonyl (C=O) groups excluding carboxylic acids is 2. The van der Waals surface area contributed by atoms with Crippen molar-refractivity contribution in [1.29, 1.82) is 0 Å². The third-order valence-corrected chi connectivity index (χ3v) is 11.0. The first-order chi connectivity index (χ1) is 22.5. The quantitative estimate of drug-likeness (QED) is 0.167. The van der Waals surface area contributed by atoms with Crippen LogP contribution in [0.1, 0.15) is 47.9 Å². The average molecular weight is 693 g/mol. The second-order valence-corrected chi connectivity index (χ2v) is 14.8. The first kappa shape index (κ1) is 34.5. The summed E-state index contributed by atoms with van der Waals surface area (Å²) >= 11 is 12.6. The molecule has 4 aromatic rings. The number of nitrogens with zero attached hydrogens (tertiary/aromatic N) is 2. The number of nitrogens with one attached hydrogen (secondary N) is 1. The van der Waals surface area contributed by atoms with Crippen LogP contribution in [0.5, 0.6) is 0 Å². The maximum atomic E-state index is 14.7. The topological polar surface area (TPSA) is 86.8 Å². The van der Waals surface area contributed by atoms with Crippen LogP contribution in [0.4, 0.5) is 5.69 Å². The second kappa shape index (κ2) is 15.4. The minimum atomic E-state index is -4.25. The van der Waals surface area contributed by atoms with Crippen LogP contribution in [0.25, 0.3) is 0 Å². The van der Waals surface area contributed by atoms with Gasteiger partial charge >= 0.3 is 0 Å². The highest BCUT2D eigenvalue weighted by atomic mass is 35.5. The molecule has 10 heteroatoms. The van der Waals surface area contributed by atoms with Gasteiger partial charge < -0.3 is 10.2 Å². The molecule has 1 aliphatic carbocycles. The molecule has 5 rings (SSSR count). The first-order valence-electron chi connectivity index (χ1n) is 15.7. The van der Waals surface area contributed by atoms with Crippen molar-refractivity contribution in [2.24, 2.45) is 0 Å². The van der Waals surface area contributed by atoms with Gasteiger partial charge in [-0.05, 0) is 68.1 Å². The van der Waals surface area contributed by atoms with Crippen LogP contribution in [-0.4, -0.2) is 43.8 Å². The van der Waals surface area contributed by atoms with Gasteiger partial charge in [-0.2, -0.15) is 0 Å². The molecule has 7 nitrogen and oxygen atoms in total. The van der Waals surface area contributed by atoms with E-state index in [0.717, 1.165) is 52.2 Å². The fourth-order valence-corrected chi connectivity index (χ4v) is 7.63. The molecule has 0 unspecified atom stereocenters. The average Bonchev–Trinajstić information content (AvgIpc) is 3.56. The van der Waals surface area contributed by atoms with E-state index in [1.807, 2.05) is 68.4 Å². The Hall–Kier alpha value is -3.85. The third-order valence-electron chi connectivity index (χ3n) is 8.49. The van der Waals surface area contributed by atoms with Crippen molar-refractivity contribution in [3.63, 3.8) is 0 Å². The molecule has 47 heavy (non-hydrogen) atoms. The standard InChI is InChI=1S/C37H39Cl2N3O4S/c1-26-15-18-32(19-16-26)47(45,46)42(31-17-20-33(38)34(39)23-31)25-36(43)41(24-29-12-8-9-27(2)21-29)35(22-28-10-4-3-5-11-28)37(44)40-30-13-6-7-14-30/h3-5,8-12,15-21,23,30,35H,6-7,13-14,22,24-25H2,1-2H3,(H,40,44)/t35-/m1/s1. The molecule has 0 bridgehead atoms. The van der Waals surface area contributed by atoms with E-state index in [2.05, 4.69) is 5.32 Å². The lowest BCUT2D eigenvalue weighted by Gasteiger charge is -2.34. The van der Waals surface area contributed by atoms with Gasteiger partial charge in [0.05, 0.1) is 20.6 Å². The lowest BCUT2D eigenvalue weighted by molar-refractivity contribution is -0.140. The number of hydrogen-bond acceptors (Lipinski definition) is 4. The molecule has 1 atom stereocenters. The molecular weight excluding hydrogens is 653 g/mol. The van der Waals surface area contributed by atoms with Gasteiger partial charge in [0.25, 0.3) is 10.0 Å². The molecule has 4 aromatic carbocycles. The smallest absolute Gasteiger partial charge is 0.264 e. The molecule has 1 N–H and O–H groups in total. The number of hydrogen-bond donors (Lipinski definition) is 1. The van der Waals surface area contributed by atoms with Gasteiger partial charge in [-0.25, -0.2) is 8.42 Å². The van der Waals surface area contributed by atoms with Crippen LogP contribution in [0.2, 0.25) is 10.0 Å². The van der Waals surface area contributed by atoms with Crippen molar-refractivity contribution in [3.05, 3.63) is 129 Å². The van der Waals surface area contributed by atoms with E-state index >= 15 is 0 Å². The van der Waals surface area contributed by atoms with Gasteiger partial charge in [0.2, 0.25) is 11.8 Å². The zero-order valence-corrected chi connectivity index (χ0v) is 28.9. The molecular formula is C37H39Cl2N3O4S. The number of amides is 2. The SMILES string of the molecule is Cc1ccc(S(=O)(=O)N(CC(=O)N(Cc2cccc(C)c2)[C@H](Cc2ccccc2)C(=O)NC2CCCC2)c2ccc(Cl)c(Cl)c2)cc1. The molecule has 246 valence electrons. The van der Waals surface area contributed by atoms with Gasteiger partial charge in [0.1, 0.15) is 12.6 Å². The summed E-state index contributed by atoms with van der Waals surface area (Å²) in [5, 5.41) is 3.60. The minimum absolute atomic E-state index is 0.0204. The summed E-state index contributed by atoms with van der Waals surface area (Å²) in [7, 11) is -4.25. The van der Waals surface area contributed by atoms with E-state index in [1.54, 1.807) is 12.1 Å². The summed E-state index contributed by atoms with van der Waals surface area (Å²) in [6.45, 7) is 3.37. The van der Waals surface area contributed by atoms with Crippen molar-refractivity contribution in [3.8, 4) is 0 Å². The van der Waals surface area contributed by atoms with Gasteiger partial charge in [0, 0.05) is 19.0 Å². The highest BCUT2D eigenvalue weighted by Crippen LogP contribution is 2.31. The Kier molecular flexibility index (Phi) is 11.3. The minimum Gasteiger partial charge on any atom is -0.352 e. The number of carbonyl (C=O) groups is 2. The van der Waals surface area contributed by atoms with Crippen LogP contribution < -0.4 is 9.62 Å². The lowest BCUT2D eigenvalue weighted by Crippen LogP contribution is -2.54. The number of aryl methyl sites for hydroxylation is 2.